The minimum Gasteiger partial charge on any atom is -0.392 e. The molecule has 2 nitrogen and oxygen atoms in total. The third-order valence-corrected chi connectivity index (χ3v) is 1.15. The van der Waals surface area contributed by atoms with Crippen molar-refractivity contribution in [1.82, 2.24) is 0 Å². The molecule has 0 heterocycles. The largest absolute Gasteiger partial charge is 0.392 e. The Bertz CT molecular complexity index is 126. The highest BCUT2D eigenvalue weighted by atomic mass is 16.3. The molecule has 1 aliphatic carbocycles. The van der Waals surface area contributed by atoms with Gasteiger partial charge in [-0.25, -0.2) is 0 Å². The Labute approximate surface area is 47.8 Å². The van der Waals surface area contributed by atoms with Crippen LogP contribution < -0.4 is 0 Å². The third kappa shape index (κ3) is 1.17. The summed E-state index contributed by atoms with van der Waals surface area (Å²) < 4.78 is 0. The van der Waals surface area contributed by atoms with Crippen LogP contribution in [0.15, 0.2) is 12.2 Å². The van der Waals surface area contributed by atoms with Crippen molar-refractivity contribution in [1.29, 1.82) is 0 Å². The highest BCUT2D eigenvalue weighted by Gasteiger charge is 2.10. The summed E-state index contributed by atoms with van der Waals surface area (Å²) in [6.07, 6.45) is 3.73. The molecule has 0 spiro atoms. The van der Waals surface area contributed by atoms with Gasteiger partial charge in [-0.1, -0.05) is 6.08 Å². The van der Waals surface area contributed by atoms with Crippen molar-refractivity contribution in [2.24, 2.45) is 0 Å². The summed E-state index contributed by atoms with van der Waals surface area (Å²) in [6.45, 7) is 0. The highest BCUT2D eigenvalue weighted by Crippen LogP contribution is 2.05. The van der Waals surface area contributed by atoms with E-state index in [1.165, 1.54) is 6.08 Å². The van der Waals surface area contributed by atoms with Gasteiger partial charge in [0.1, 0.15) is 0 Å². The summed E-state index contributed by atoms with van der Waals surface area (Å²) in [7, 11) is 0. The van der Waals surface area contributed by atoms with Crippen LogP contribution in [0.4, 0.5) is 0 Å². The van der Waals surface area contributed by atoms with Gasteiger partial charge in [-0.05, 0) is 12.5 Å². The molecule has 0 amide bonds. The van der Waals surface area contributed by atoms with Gasteiger partial charge in [-0.3, -0.25) is 4.79 Å². The lowest BCUT2D eigenvalue weighted by Gasteiger charge is -2.07. The van der Waals surface area contributed by atoms with E-state index in [2.05, 4.69) is 0 Å². The summed E-state index contributed by atoms with van der Waals surface area (Å²) in [5.74, 6) is 0.0313. The second kappa shape index (κ2) is 2.09. The van der Waals surface area contributed by atoms with Crippen molar-refractivity contribution in [3.63, 3.8) is 0 Å². The van der Waals surface area contributed by atoms with Gasteiger partial charge < -0.3 is 5.11 Å². The van der Waals surface area contributed by atoms with Crippen LogP contribution in [0.3, 0.4) is 0 Å². The molecule has 1 atom stereocenters. The molecule has 1 aliphatic rings. The molecule has 0 saturated heterocycles. The van der Waals surface area contributed by atoms with Crippen molar-refractivity contribution in [2.45, 2.75) is 18.9 Å². The number of hydrogen-bond acceptors (Lipinski definition) is 2. The molecule has 0 unspecified atom stereocenters. The van der Waals surface area contributed by atoms with Gasteiger partial charge in [-0.2, -0.15) is 0 Å². The van der Waals surface area contributed by atoms with E-state index in [1.807, 2.05) is 0 Å². The van der Waals surface area contributed by atoms with Crippen LogP contribution in [0.2, 0.25) is 0 Å². The van der Waals surface area contributed by atoms with Crippen LogP contribution >= 0.6 is 0 Å². The first-order valence-electron chi connectivity index (χ1n) is 2.66. The monoisotopic (exact) mass is 112 g/mol. The van der Waals surface area contributed by atoms with Crippen LogP contribution in [-0.4, -0.2) is 17.0 Å². The first kappa shape index (κ1) is 5.51. The van der Waals surface area contributed by atoms with E-state index >= 15 is 0 Å². The van der Waals surface area contributed by atoms with Crippen LogP contribution in [0.5, 0.6) is 0 Å². The summed E-state index contributed by atoms with van der Waals surface area (Å²) in [5, 5.41) is 8.81. The smallest absolute Gasteiger partial charge is 0.157 e. The van der Waals surface area contributed by atoms with E-state index in [4.69, 9.17) is 5.11 Å². The van der Waals surface area contributed by atoms with Gasteiger partial charge in [0.15, 0.2) is 5.78 Å². The van der Waals surface area contributed by atoms with Gasteiger partial charge in [0.05, 0.1) is 6.10 Å². The Balaban J connectivity index is 2.54. The maximum absolute atomic E-state index is 10.4. The average Bonchev–Trinajstić information content (AvgIpc) is 1.64. The Morgan fingerprint density at radius 2 is 2.50 bits per heavy atom. The molecule has 0 aromatic heterocycles. The van der Waals surface area contributed by atoms with Gasteiger partial charge in [-0.15, -0.1) is 0 Å². The molecule has 0 bridgehead atoms. The van der Waals surface area contributed by atoms with Crippen LogP contribution in [-0.2, 0) is 4.79 Å². The molecule has 0 radical (unpaired) electrons. The molecule has 0 saturated carbocycles. The summed E-state index contributed by atoms with van der Waals surface area (Å²) >= 11 is 0. The fourth-order valence-electron chi connectivity index (χ4n) is 0.740. The molecule has 0 fully saturated rings. The number of carbonyl (C=O) groups excluding carboxylic acids is 1. The number of carbonyl (C=O) groups is 1. The average molecular weight is 112 g/mol. The first-order chi connectivity index (χ1) is 3.79. The zero-order valence-electron chi connectivity index (χ0n) is 4.50. The third-order valence-electron chi connectivity index (χ3n) is 1.15. The van der Waals surface area contributed by atoms with E-state index in [1.54, 1.807) is 6.08 Å². The molecule has 0 aliphatic heterocycles. The van der Waals surface area contributed by atoms with Crippen molar-refractivity contribution < 1.29 is 9.90 Å². The molecule has 0 aromatic carbocycles. The van der Waals surface area contributed by atoms with Gasteiger partial charge in [0, 0.05) is 6.42 Å². The van der Waals surface area contributed by atoms with E-state index in [-0.39, 0.29) is 5.78 Å². The fourth-order valence-corrected chi connectivity index (χ4v) is 0.740. The van der Waals surface area contributed by atoms with Crippen molar-refractivity contribution in [2.75, 3.05) is 0 Å². The summed E-state index contributed by atoms with van der Waals surface area (Å²) in [6, 6.07) is 0. The Kier molecular flexibility index (Phi) is 1.44. The van der Waals surface area contributed by atoms with E-state index in [9.17, 15) is 4.79 Å². The minimum absolute atomic E-state index is 0.0313. The minimum atomic E-state index is -0.424. The molecule has 44 valence electrons. The second-order valence-corrected chi connectivity index (χ2v) is 1.96. The topological polar surface area (TPSA) is 37.3 Å². The number of allylic oxidation sites excluding steroid dienone is 1. The number of ketones is 1. The molecule has 8 heavy (non-hydrogen) atoms. The predicted molar refractivity (Wildman–Crippen MR) is 29.4 cm³/mol. The number of hydrogen-bond donors (Lipinski definition) is 1. The predicted octanol–water partition coefficient (Wildman–Crippen LogP) is 0.266. The lowest BCUT2D eigenvalue weighted by molar-refractivity contribution is -0.116. The lowest BCUT2D eigenvalue weighted by atomic mass is 10.0. The maximum atomic E-state index is 10.4. The fraction of sp³-hybridized carbons (Fsp3) is 0.500. The van der Waals surface area contributed by atoms with Gasteiger partial charge in [0.25, 0.3) is 0 Å². The summed E-state index contributed by atoms with van der Waals surface area (Å²) in [5.41, 5.74) is 0. The molecule has 2 heteroatoms. The second-order valence-electron chi connectivity index (χ2n) is 1.96. The van der Waals surface area contributed by atoms with Gasteiger partial charge in [0.2, 0.25) is 0 Å². The number of aliphatic hydroxyl groups is 1. The molecular formula is C6H8O2. The van der Waals surface area contributed by atoms with Crippen LogP contribution in [0.1, 0.15) is 12.8 Å². The normalized spacial score (nSPS) is 28.6. The van der Waals surface area contributed by atoms with E-state index in [0.29, 0.717) is 12.8 Å². The van der Waals surface area contributed by atoms with E-state index in [0.717, 1.165) is 0 Å². The molecule has 1 N–H and O–H groups in total. The SMILES string of the molecule is O=C1C=CC[C@H](O)C1. The Morgan fingerprint density at radius 3 is 2.88 bits per heavy atom. The standard InChI is InChI=1S/C6H8O2/c7-5-2-1-3-6(8)4-5/h1-2,6,8H,3-4H2/t6-/m0/s1. The van der Waals surface area contributed by atoms with Crippen LogP contribution in [0.25, 0.3) is 0 Å². The van der Waals surface area contributed by atoms with Gasteiger partial charge >= 0.3 is 0 Å². The number of rotatable bonds is 0. The Morgan fingerprint density at radius 1 is 1.75 bits per heavy atom. The van der Waals surface area contributed by atoms with Crippen molar-refractivity contribution >= 4 is 5.78 Å². The van der Waals surface area contributed by atoms with Crippen molar-refractivity contribution in [3.05, 3.63) is 12.2 Å². The quantitative estimate of drug-likeness (QED) is 0.488. The maximum Gasteiger partial charge on any atom is 0.157 e. The molecule has 1 rings (SSSR count). The van der Waals surface area contributed by atoms with Crippen LogP contribution in [0, 0.1) is 0 Å². The highest BCUT2D eigenvalue weighted by molar-refractivity contribution is 5.90. The first-order valence-corrected chi connectivity index (χ1v) is 2.66. The zero-order valence-corrected chi connectivity index (χ0v) is 4.50. The van der Waals surface area contributed by atoms with Crippen molar-refractivity contribution in [3.8, 4) is 0 Å². The molecule has 0 aromatic rings. The molecular weight excluding hydrogens is 104 g/mol. The Hall–Kier alpha value is -0.630. The number of aliphatic hydroxyl groups excluding tert-OH is 1. The van der Waals surface area contributed by atoms with E-state index < -0.39 is 6.10 Å². The summed E-state index contributed by atoms with van der Waals surface area (Å²) in [4.78, 5) is 10.4. The lowest BCUT2D eigenvalue weighted by Crippen LogP contribution is -2.14. The zero-order chi connectivity index (χ0) is 5.98.